The molecule has 7 heteroatoms. The average Bonchev–Trinajstić information content (AvgIpc) is 3.17. The van der Waals surface area contributed by atoms with E-state index in [9.17, 15) is 14.0 Å². The Morgan fingerprint density at radius 3 is 3.00 bits per heavy atom. The minimum Gasteiger partial charge on any atom is -0.349 e. The van der Waals surface area contributed by atoms with Gasteiger partial charge >= 0.3 is 0 Å². The van der Waals surface area contributed by atoms with E-state index in [1.165, 1.54) is 23.7 Å². The number of imidazole rings is 1. The van der Waals surface area contributed by atoms with Crippen molar-refractivity contribution in [2.24, 2.45) is 0 Å². The first-order valence-electron chi connectivity index (χ1n) is 7.05. The fraction of sp³-hybridized carbons (Fsp3) is 0.188. The molecule has 0 unspecified atom stereocenters. The van der Waals surface area contributed by atoms with Gasteiger partial charge in [-0.3, -0.25) is 9.59 Å². The SMILES string of the molecule is C[C@@H](CC(=O)c1cccs1)NC(=O)c1cc(F)cc2[nH]cnc12. The van der Waals surface area contributed by atoms with Crippen molar-refractivity contribution in [2.75, 3.05) is 0 Å². The number of halogens is 1. The lowest BCUT2D eigenvalue weighted by molar-refractivity contribution is 0.0920. The lowest BCUT2D eigenvalue weighted by Gasteiger charge is -2.13. The van der Waals surface area contributed by atoms with E-state index in [2.05, 4.69) is 15.3 Å². The monoisotopic (exact) mass is 331 g/mol. The van der Waals surface area contributed by atoms with Crippen molar-refractivity contribution in [1.29, 1.82) is 0 Å². The molecule has 1 atom stereocenters. The van der Waals surface area contributed by atoms with Crippen LogP contribution in [0.1, 0.15) is 33.4 Å². The van der Waals surface area contributed by atoms with Gasteiger partial charge in [-0.2, -0.15) is 0 Å². The summed E-state index contributed by atoms with van der Waals surface area (Å²) in [6.45, 7) is 1.74. The van der Waals surface area contributed by atoms with E-state index in [1.54, 1.807) is 13.0 Å². The zero-order valence-corrected chi connectivity index (χ0v) is 13.1. The Bertz CT molecular complexity index is 857. The first-order chi connectivity index (χ1) is 11.0. The Kier molecular flexibility index (Phi) is 4.20. The number of hydrogen-bond acceptors (Lipinski definition) is 4. The first-order valence-corrected chi connectivity index (χ1v) is 7.93. The second-order valence-electron chi connectivity index (χ2n) is 5.23. The zero-order valence-electron chi connectivity index (χ0n) is 12.3. The van der Waals surface area contributed by atoms with Gasteiger partial charge in [0.2, 0.25) is 0 Å². The normalized spacial score (nSPS) is 12.3. The van der Waals surface area contributed by atoms with Crippen molar-refractivity contribution < 1.29 is 14.0 Å². The third kappa shape index (κ3) is 3.29. The van der Waals surface area contributed by atoms with Crippen LogP contribution in [0.3, 0.4) is 0 Å². The molecule has 2 heterocycles. The van der Waals surface area contributed by atoms with Crippen LogP contribution in [0.4, 0.5) is 4.39 Å². The van der Waals surface area contributed by atoms with E-state index in [0.717, 1.165) is 6.07 Å². The van der Waals surface area contributed by atoms with Gasteiger partial charge in [0.15, 0.2) is 5.78 Å². The van der Waals surface area contributed by atoms with Crippen molar-refractivity contribution in [3.63, 3.8) is 0 Å². The molecule has 3 aromatic rings. The average molecular weight is 331 g/mol. The fourth-order valence-electron chi connectivity index (χ4n) is 2.36. The third-order valence-corrected chi connectivity index (χ3v) is 4.31. The molecule has 0 saturated heterocycles. The molecule has 0 aliphatic carbocycles. The zero-order chi connectivity index (χ0) is 16.4. The minimum atomic E-state index is -0.519. The van der Waals surface area contributed by atoms with E-state index in [-0.39, 0.29) is 23.8 Å². The number of thiophene rings is 1. The van der Waals surface area contributed by atoms with Gasteiger partial charge in [0, 0.05) is 12.5 Å². The summed E-state index contributed by atoms with van der Waals surface area (Å²) in [6, 6.07) is 5.62. The number of carbonyl (C=O) groups excluding carboxylic acids is 2. The van der Waals surface area contributed by atoms with Crippen molar-refractivity contribution >= 4 is 34.1 Å². The fourth-order valence-corrected chi connectivity index (χ4v) is 3.03. The largest absolute Gasteiger partial charge is 0.349 e. The van der Waals surface area contributed by atoms with Crippen LogP contribution in [0.15, 0.2) is 36.0 Å². The summed E-state index contributed by atoms with van der Waals surface area (Å²) in [4.78, 5) is 31.9. The highest BCUT2D eigenvalue weighted by Gasteiger charge is 2.18. The number of ketones is 1. The molecule has 1 aromatic carbocycles. The maximum absolute atomic E-state index is 13.6. The lowest BCUT2D eigenvalue weighted by Crippen LogP contribution is -2.34. The highest BCUT2D eigenvalue weighted by Crippen LogP contribution is 2.18. The molecule has 0 aliphatic rings. The van der Waals surface area contributed by atoms with Gasteiger partial charge in [-0.1, -0.05) is 6.07 Å². The molecule has 0 aliphatic heterocycles. The molecule has 0 radical (unpaired) electrons. The van der Waals surface area contributed by atoms with Gasteiger partial charge in [-0.15, -0.1) is 11.3 Å². The molecule has 23 heavy (non-hydrogen) atoms. The molecule has 1 amide bonds. The van der Waals surface area contributed by atoms with Crippen molar-refractivity contribution in [2.45, 2.75) is 19.4 Å². The Hall–Kier alpha value is -2.54. The summed E-state index contributed by atoms with van der Waals surface area (Å²) in [5, 5.41) is 4.55. The van der Waals surface area contributed by atoms with Crippen LogP contribution in [0.25, 0.3) is 11.0 Å². The molecule has 0 bridgehead atoms. The van der Waals surface area contributed by atoms with Gasteiger partial charge in [0.1, 0.15) is 11.3 Å². The predicted molar refractivity (Wildman–Crippen MR) is 86.2 cm³/mol. The van der Waals surface area contributed by atoms with E-state index >= 15 is 0 Å². The molecular weight excluding hydrogens is 317 g/mol. The quantitative estimate of drug-likeness (QED) is 0.705. The summed E-state index contributed by atoms with van der Waals surface area (Å²) >= 11 is 1.37. The number of benzene rings is 1. The topological polar surface area (TPSA) is 74.8 Å². The molecule has 2 N–H and O–H groups in total. The van der Waals surface area contributed by atoms with Crippen LogP contribution < -0.4 is 5.32 Å². The Labute approximate surface area is 135 Å². The van der Waals surface area contributed by atoms with Crippen molar-refractivity contribution in [1.82, 2.24) is 15.3 Å². The number of carbonyl (C=O) groups is 2. The number of Topliss-reactive ketones (excluding diaryl/α,β-unsaturated/α-hetero) is 1. The number of aromatic nitrogens is 2. The second kappa shape index (κ2) is 6.29. The van der Waals surface area contributed by atoms with Crippen LogP contribution in [-0.2, 0) is 0 Å². The molecule has 118 valence electrons. The summed E-state index contributed by atoms with van der Waals surface area (Å²) in [5.41, 5.74) is 1.01. The smallest absolute Gasteiger partial charge is 0.253 e. The number of fused-ring (bicyclic) bond motifs is 1. The Balaban J connectivity index is 1.73. The predicted octanol–water partition coefficient (Wildman–Crippen LogP) is 3.15. The molecule has 2 aromatic heterocycles. The maximum Gasteiger partial charge on any atom is 0.253 e. The highest BCUT2D eigenvalue weighted by molar-refractivity contribution is 7.12. The molecule has 3 rings (SSSR count). The molecule has 5 nitrogen and oxygen atoms in total. The first kappa shape index (κ1) is 15.4. The Morgan fingerprint density at radius 1 is 1.43 bits per heavy atom. The summed E-state index contributed by atoms with van der Waals surface area (Å²) in [6.07, 6.45) is 1.59. The van der Waals surface area contributed by atoms with Crippen molar-refractivity contribution in [3.05, 3.63) is 52.2 Å². The van der Waals surface area contributed by atoms with Gasteiger partial charge in [0.25, 0.3) is 5.91 Å². The minimum absolute atomic E-state index is 0.0306. The Morgan fingerprint density at radius 2 is 2.26 bits per heavy atom. The van der Waals surface area contributed by atoms with Crippen LogP contribution >= 0.6 is 11.3 Å². The van der Waals surface area contributed by atoms with Gasteiger partial charge in [-0.05, 0) is 30.5 Å². The van der Waals surface area contributed by atoms with Gasteiger partial charge < -0.3 is 10.3 Å². The van der Waals surface area contributed by atoms with Crippen LogP contribution in [0.2, 0.25) is 0 Å². The lowest BCUT2D eigenvalue weighted by atomic mass is 10.1. The maximum atomic E-state index is 13.6. The van der Waals surface area contributed by atoms with E-state index in [1.807, 2.05) is 11.4 Å². The number of aromatic amines is 1. The second-order valence-corrected chi connectivity index (χ2v) is 6.18. The number of nitrogens with one attached hydrogen (secondary N) is 2. The number of amides is 1. The standard InChI is InChI=1S/C16H14FN3O2S/c1-9(5-13(21)14-3-2-4-23-14)20-16(22)11-6-10(17)7-12-15(11)19-8-18-12/h2-4,6-9H,5H2,1H3,(H,18,19)(H,20,22)/t9-/m0/s1. The number of hydrogen-bond donors (Lipinski definition) is 2. The summed E-state index contributed by atoms with van der Waals surface area (Å²) in [5.74, 6) is -1.00. The molecule has 0 fully saturated rings. The molecule has 0 spiro atoms. The number of nitrogens with zero attached hydrogens (tertiary/aromatic N) is 1. The van der Waals surface area contributed by atoms with E-state index < -0.39 is 11.7 Å². The highest BCUT2D eigenvalue weighted by atomic mass is 32.1. The van der Waals surface area contributed by atoms with Crippen LogP contribution in [0.5, 0.6) is 0 Å². The number of H-pyrrole nitrogens is 1. The van der Waals surface area contributed by atoms with E-state index in [0.29, 0.717) is 15.9 Å². The van der Waals surface area contributed by atoms with Crippen LogP contribution in [0, 0.1) is 5.82 Å². The molecular formula is C16H14FN3O2S. The van der Waals surface area contributed by atoms with Crippen molar-refractivity contribution in [3.8, 4) is 0 Å². The van der Waals surface area contributed by atoms with E-state index in [4.69, 9.17) is 0 Å². The third-order valence-electron chi connectivity index (χ3n) is 3.40. The van der Waals surface area contributed by atoms with Gasteiger partial charge in [-0.25, -0.2) is 9.37 Å². The summed E-state index contributed by atoms with van der Waals surface area (Å²) in [7, 11) is 0. The molecule has 0 saturated carbocycles. The number of rotatable bonds is 5. The summed E-state index contributed by atoms with van der Waals surface area (Å²) < 4.78 is 13.6. The van der Waals surface area contributed by atoms with Crippen LogP contribution in [-0.4, -0.2) is 27.7 Å². The van der Waals surface area contributed by atoms with Gasteiger partial charge in [0.05, 0.1) is 22.3 Å².